The number of aromatic nitrogens is 4. The third-order valence-electron chi connectivity index (χ3n) is 7.42. The molecule has 0 aromatic carbocycles. The lowest BCUT2D eigenvalue weighted by Crippen LogP contribution is -2.38. The topological polar surface area (TPSA) is 136 Å². The molecule has 0 aliphatic heterocycles. The van der Waals surface area contributed by atoms with Crippen LogP contribution in [0.4, 0.5) is 25.1 Å². The molecule has 13 heteroatoms. The number of nitrogens with one attached hydrogen (secondary N) is 1. The fraction of sp³-hybridized carbons (Fsp3) is 0.552. The zero-order valence-corrected chi connectivity index (χ0v) is 23.9. The molecule has 2 N–H and O–H groups in total. The van der Waals surface area contributed by atoms with Crippen molar-refractivity contribution in [1.82, 2.24) is 19.7 Å². The first-order valence-corrected chi connectivity index (χ1v) is 14.2. The van der Waals surface area contributed by atoms with Crippen molar-refractivity contribution in [3.8, 4) is 11.5 Å². The first-order valence-electron chi connectivity index (χ1n) is 14.2. The van der Waals surface area contributed by atoms with Crippen molar-refractivity contribution in [2.24, 2.45) is 11.8 Å². The fourth-order valence-corrected chi connectivity index (χ4v) is 4.98. The molecular weight excluding hydrogens is 550 g/mol. The van der Waals surface area contributed by atoms with Crippen LogP contribution in [0.25, 0.3) is 11.5 Å². The van der Waals surface area contributed by atoms with Crippen LogP contribution in [0.2, 0.25) is 0 Å². The molecule has 42 heavy (non-hydrogen) atoms. The van der Waals surface area contributed by atoms with E-state index in [-0.39, 0.29) is 35.8 Å². The van der Waals surface area contributed by atoms with E-state index < -0.39 is 29.7 Å². The highest BCUT2D eigenvalue weighted by Crippen LogP contribution is 2.35. The molecule has 2 amide bonds. The van der Waals surface area contributed by atoms with Crippen LogP contribution in [0.1, 0.15) is 87.9 Å². The Morgan fingerprint density at radius 3 is 2.55 bits per heavy atom. The van der Waals surface area contributed by atoms with Gasteiger partial charge in [0.25, 0.3) is 12.3 Å². The van der Waals surface area contributed by atoms with Crippen LogP contribution in [0.5, 0.6) is 0 Å². The highest BCUT2D eigenvalue weighted by Gasteiger charge is 2.32. The number of halogens is 2. The summed E-state index contributed by atoms with van der Waals surface area (Å²) < 4.78 is 40.2. The molecule has 0 unspecified atom stereocenters. The van der Waals surface area contributed by atoms with E-state index in [9.17, 15) is 23.5 Å². The number of carbonyl (C=O) groups excluding carboxylic acids is 2. The van der Waals surface area contributed by atoms with Gasteiger partial charge in [-0.05, 0) is 83.3 Å². The van der Waals surface area contributed by atoms with E-state index in [1.54, 1.807) is 32.9 Å². The van der Waals surface area contributed by atoms with E-state index in [0.29, 0.717) is 36.7 Å². The third-order valence-corrected chi connectivity index (χ3v) is 7.42. The third kappa shape index (κ3) is 7.12. The van der Waals surface area contributed by atoms with Gasteiger partial charge in [-0.15, -0.1) is 0 Å². The minimum atomic E-state index is -2.89. The number of hydrogen-bond acceptors (Lipinski definition) is 8. The lowest BCUT2D eigenvalue weighted by atomic mass is 9.87. The normalized spacial score (nSPS) is 19.1. The van der Waals surface area contributed by atoms with Gasteiger partial charge in [0.05, 0.1) is 11.7 Å². The summed E-state index contributed by atoms with van der Waals surface area (Å²) in [5, 5.41) is 15.9. The summed E-state index contributed by atoms with van der Waals surface area (Å²) >= 11 is 0. The van der Waals surface area contributed by atoms with Crippen LogP contribution in [-0.4, -0.2) is 55.6 Å². The molecule has 2 fully saturated rings. The Balaban J connectivity index is 1.31. The molecule has 5 rings (SSSR count). The van der Waals surface area contributed by atoms with Crippen molar-refractivity contribution in [3.63, 3.8) is 0 Å². The number of hydrogen-bond donors (Lipinski definition) is 2. The van der Waals surface area contributed by atoms with E-state index in [1.165, 1.54) is 22.0 Å². The minimum absolute atomic E-state index is 0.0874. The highest BCUT2D eigenvalue weighted by atomic mass is 19.3. The first-order chi connectivity index (χ1) is 20.0. The summed E-state index contributed by atoms with van der Waals surface area (Å²) in [4.78, 5) is 36.1. The lowest BCUT2D eigenvalue weighted by molar-refractivity contribution is 0.0577. The Kier molecular flexibility index (Phi) is 8.58. The van der Waals surface area contributed by atoms with Crippen LogP contribution < -0.4 is 10.2 Å². The monoisotopic (exact) mass is 586 g/mol. The van der Waals surface area contributed by atoms with Crippen LogP contribution in [0.15, 0.2) is 35.2 Å². The number of aliphatic hydroxyl groups excluding tert-OH is 1. The van der Waals surface area contributed by atoms with E-state index in [2.05, 4.69) is 20.4 Å². The molecule has 0 spiro atoms. The Labute approximate surface area is 242 Å². The molecule has 0 radical (unpaired) electrons. The number of oxazole rings is 1. The molecule has 3 aromatic heterocycles. The Bertz CT molecular complexity index is 1410. The SMILES string of the molecule is CC(C)(C)OC(=O)N(CC1CC1)c1cc(-c2nc(C(=O)Nc3cn([C@H]4CC[C@H](CO)CC4)nc3C(F)F)co2)ccn1. The highest BCUT2D eigenvalue weighted by molar-refractivity contribution is 6.03. The molecule has 2 aliphatic rings. The first kappa shape index (κ1) is 29.6. The number of anilines is 2. The minimum Gasteiger partial charge on any atom is -0.444 e. The number of ether oxygens (including phenoxy) is 1. The molecule has 0 saturated heterocycles. The zero-order chi connectivity index (χ0) is 30.0. The zero-order valence-electron chi connectivity index (χ0n) is 23.9. The number of alkyl halides is 2. The molecule has 0 bridgehead atoms. The molecular formula is C29H36F2N6O5. The van der Waals surface area contributed by atoms with Crippen molar-refractivity contribution in [2.45, 2.75) is 77.4 Å². The van der Waals surface area contributed by atoms with Crippen LogP contribution in [0.3, 0.4) is 0 Å². The number of rotatable bonds is 9. The predicted octanol–water partition coefficient (Wildman–Crippen LogP) is 6.00. The van der Waals surface area contributed by atoms with Gasteiger partial charge in [-0.3, -0.25) is 14.4 Å². The second kappa shape index (κ2) is 12.2. The lowest BCUT2D eigenvalue weighted by Gasteiger charge is -2.27. The molecule has 11 nitrogen and oxygen atoms in total. The maximum atomic E-state index is 13.8. The van der Waals surface area contributed by atoms with Gasteiger partial charge in [-0.2, -0.15) is 5.10 Å². The van der Waals surface area contributed by atoms with E-state index in [4.69, 9.17) is 9.15 Å². The van der Waals surface area contributed by atoms with E-state index in [1.807, 2.05) is 0 Å². The van der Waals surface area contributed by atoms with Crippen molar-refractivity contribution in [1.29, 1.82) is 0 Å². The molecule has 0 atom stereocenters. The van der Waals surface area contributed by atoms with Crippen molar-refractivity contribution in [3.05, 3.63) is 42.2 Å². The Morgan fingerprint density at radius 2 is 1.90 bits per heavy atom. The van der Waals surface area contributed by atoms with Crippen LogP contribution in [0, 0.1) is 11.8 Å². The number of aliphatic hydroxyl groups is 1. The van der Waals surface area contributed by atoms with Gasteiger partial charge < -0.3 is 19.6 Å². The smallest absolute Gasteiger partial charge is 0.416 e. The Hall–Kier alpha value is -3.87. The van der Waals surface area contributed by atoms with Gasteiger partial charge in [0.2, 0.25) is 5.89 Å². The summed E-state index contributed by atoms with van der Waals surface area (Å²) in [5.74, 6) is 0.318. The van der Waals surface area contributed by atoms with Gasteiger partial charge in [-0.25, -0.2) is 23.5 Å². The maximum absolute atomic E-state index is 13.8. The molecule has 226 valence electrons. The summed E-state index contributed by atoms with van der Waals surface area (Å²) in [5.41, 5.74) is -0.928. The number of carbonyl (C=O) groups is 2. The summed E-state index contributed by atoms with van der Waals surface area (Å²) in [6, 6.07) is 3.17. The van der Waals surface area contributed by atoms with Crippen LogP contribution in [-0.2, 0) is 4.74 Å². The fourth-order valence-electron chi connectivity index (χ4n) is 4.98. The molecule has 3 heterocycles. The average molecular weight is 587 g/mol. The molecule has 2 aliphatic carbocycles. The molecule has 3 aromatic rings. The van der Waals surface area contributed by atoms with Gasteiger partial charge in [0, 0.05) is 31.1 Å². The second-order valence-corrected chi connectivity index (χ2v) is 12.0. The number of nitrogens with zero attached hydrogens (tertiary/aromatic N) is 5. The summed E-state index contributed by atoms with van der Waals surface area (Å²) in [7, 11) is 0. The van der Waals surface area contributed by atoms with Crippen molar-refractivity contribution in [2.75, 3.05) is 23.4 Å². The second-order valence-electron chi connectivity index (χ2n) is 12.0. The molecule has 2 saturated carbocycles. The van der Waals surface area contributed by atoms with Crippen molar-refractivity contribution >= 4 is 23.5 Å². The van der Waals surface area contributed by atoms with E-state index >= 15 is 0 Å². The maximum Gasteiger partial charge on any atom is 0.416 e. The Morgan fingerprint density at radius 1 is 1.19 bits per heavy atom. The largest absolute Gasteiger partial charge is 0.444 e. The van der Waals surface area contributed by atoms with Gasteiger partial charge in [0.1, 0.15) is 17.7 Å². The van der Waals surface area contributed by atoms with Gasteiger partial charge in [-0.1, -0.05) is 0 Å². The summed E-state index contributed by atoms with van der Waals surface area (Å²) in [6.45, 7) is 5.96. The quantitative estimate of drug-likeness (QED) is 0.312. The standard InChI is InChI=1S/C29H36F2N6O5/c1-29(2,3)42-28(40)36(13-17-4-5-17)23-12-19(10-11-32-23)27-34-22(16-41-27)26(39)33-21-14-37(35-24(21)25(30)31)20-8-6-18(15-38)7-9-20/h10-12,14,16-18,20,25,38H,4-9,13,15H2,1-3H3,(H,33,39)/t18-,20-. The van der Waals surface area contributed by atoms with Gasteiger partial charge >= 0.3 is 6.09 Å². The van der Waals surface area contributed by atoms with Crippen LogP contribution >= 0.6 is 0 Å². The van der Waals surface area contributed by atoms with Gasteiger partial charge in [0.15, 0.2) is 11.4 Å². The average Bonchev–Trinajstić information content (AvgIpc) is 3.45. The number of amides is 2. The number of pyridine rings is 1. The summed E-state index contributed by atoms with van der Waals surface area (Å²) in [6.07, 6.45) is 5.69. The predicted molar refractivity (Wildman–Crippen MR) is 149 cm³/mol. The van der Waals surface area contributed by atoms with Crippen molar-refractivity contribution < 1.29 is 32.6 Å². The van der Waals surface area contributed by atoms with E-state index in [0.717, 1.165) is 31.9 Å².